The highest BCUT2D eigenvalue weighted by atomic mass is 16.2. The first-order valence-electron chi connectivity index (χ1n) is 7.27. The van der Waals surface area contributed by atoms with E-state index >= 15 is 0 Å². The molecule has 0 aromatic heterocycles. The van der Waals surface area contributed by atoms with E-state index in [2.05, 4.69) is 17.6 Å². The molecule has 1 rings (SSSR count). The lowest BCUT2D eigenvalue weighted by Crippen LogP contribution is -2.13. The number of nitrogens with one attached hydrogen (secondary N) is 2. The summed E-state index contributed by atoms with van der Waals surface area (Å²) >= 11 is 0. The van der Waals surface area contributed by atoms with E-state index in [1.54, 1.807) is 13.0 Å². The number of carbonyl (C=O) groups excluding carboxylic acids is 2. The van der Waals surface area contributed by atoms with E-state index < -0.39 is 0 Å². The minimum Gasteiger partial charge on any atom is -0.326 e. The molecule has 0 saturated heterocycles. The molecule has 0 bridgehead atoms. The van der Waals surface area contributed by atoms with Gasteiger partial charge in [0, 0.05) is 24.2 Å². The van der Waals surface area contributed by atoms with Crippen LogP contribution in [0.5, 0.6) is 0 Å². The van der Waals surface area contributed by atoms with Crippen LogP contribution in [0.4, 0.5) is 11.4 Å². The Balaban J connectivity index is 2.66. The Morgan fingerprint density at radius 2 is 1.80 bits per heavy atom. The predicted molar refractivity (Wildman–Crippen MR) is 82.9 cm³/mol. The Morgan fingerprint density at radius 3 is 2.45 bits per heavy atom. The first-order valence-corrected chi connectivity index (χ1v) is 7.27. The van der Waals surface area contributed by atoms with Gasteiger partial charge in [0.15, 0.2) is 0 Å². The van der Waals surface area contributed by atoms with Gasteiger partial charge < -0.3 is 10.6 Å². The van der Waals surface area contributed by atoms with E-state index in [0.717, 1.165) is 30.5 Å². The molecule has 0 aliphatic rings. The molecule has 2 amide bonds. The van der Waals surface area contributed by atoms with Crippen LogP contribution in [-0.2, 0) is 9.59 Å². The van der Waals surface area contributed by atoms with Crippen molar-refractivity contribution in [3.8, 4) is 0 Å². The van der Waals surface area contributed by atoms with E-state index in [9.17, 15) is 9.59 Å². The second kappa shape index (κ2) is 8.35. The minimum absolute atomic E-state index is 0.0283. The SMILES string of the molecule is CCCCCC(=O)Nc1cc(NC(=O)CC)ccc1C. The van der Waals surface area contributed by atoms with Crippen LogP contribution in [0.2, 0.25) is 0 Å². The van der Waals surface area contributed by atoms with Crippen molar-refractivity contribution in [1.82, 2.24) is 0 Å². The molecule has 2 N–H and O–H groups in total. The summed E-state index contributed by atoms with van der Waals surface area (Å²) < 4.78 is 0. The fourth-order valence-electron chi connectivity index (χ4n) is 1.83. The highest BCUT2D eigenvalue weighted by Gasteiger charge is 2.07. The van der Waals surface area contributed by atoms with Gasteiger partial charge in [-0.3, -0.25) is 9.59 Å². The lowest BCUT2D eigenvalue weighted by atomic mass is 10.1. The van der Waals surface area contributed by atoms with Crippen molar-refractivity contribution in [3.05, 3.63) is 23.8 Å². The Bertz CT molecular complexity index is 470. The van der Waals surface area contributed by atoms with Crippen LogP contribution in [0, 0.1) is 6.92 Å². The summed E-state index contributed by atoms with van der Waals surface area (Å²) in [6.07, 6.45) is 4.06. The number of amides is 2. The van der Waals surface area contributed by atoms with Crippen molar-refractivity contribution in [3.63, 3.8) is 0 Å². The number of aryl methyl sites for hydroxylation is 1. The first-order chi connectivity index (χ1) is 9.56. The lowest BCUT2D eigenvalue weighted by molar-refractivity contribution is -0.116. The standard InChI is InChI=1S/C16H24N2O2/c1-4-6-7-8-16(20)18-14-11-13(10-9-12(14)3)17-15(19)5-2/h9-11H,4-8H2,1-3H3,(H,17,19)(H,18,20). The van der Waals surface area contributed by atoms with Gasteiger partial charge in [-0.25, -0.2) is 0 Å². The maximum absolute atomic E-state index is 11.8. The normalized spacial score (nSPS) is 10.2. The molecule has 4 nitrogen and oxygen atoms in total. The molecule has 0 saturated carbocycles. The topological polar surface area (TPSA) is 58.2 Å². The Morgan fingerprint density at radius 1 is 1.05 bits per heavy atom. The molecule has 0 radical (unpaired) electrons. The summed E-state index contributed by atoms with van der Waals surface area (Å²) in [5.74, 6) is -0.00501. The second-order valence-electron chi connectivity index (χ2n) is 4.94. The molecule has 0 aliphatic carbocycles. The molecule has 4 heteroatoms. The average Bonchev–Trinajstić information content (AvgIpc) is 2.42. The number of anilines is 2. The minimum atomic E-state index is -0.0333. The molecule has 20 heavy (non-hydrogen) atoms. The summed E-state index contributed by atoms with van der Waals surface area (Å²) in [4.78, 5) is 23.2. The van der Waals surface area contributed by atoms with Crippen molar-refractivity contribution in [2.75, 3.05) is 10.6 Å². The van der Waals surface area contributed by atoms with Gasteiger partial charge in [-0.1, -0.05) is 32.8 Å². The lowest BCUT2D eigenvalue weighted by Gasteiger charge is -2.11. The molecule has 1 aromatic carbocycles. The van der Waals surface area contributed by atoms with Crippen molar-refractivity contribution < 1.29 is 9.59 Å². The van der Waals surface area contributed by atoms with E-state index in [0.29, 0.717) is 18.5 Å². The van der Waals surface area contributed by atoms with E-state index in [1.807, 2.05) is 19.1 Å². The number of hydrogen-bond acceptors (Lipinski definition) is 2. The van der Waals surface area contributed by atoms with E-state index in [-0.39, 0.29) is 11.8 Å². The summed E-state index contributed by atoms with van der Waals surface area (Å²) in [7, 11) is 0. The maximum Gasteiger partial charge on any atom is 0.224 e. The largest absolute Gasteiger partial charge is 0.326 e. The van der Waals surface area contributed by atoms with Gasteiger partial charge in [-0.2, -0.15) is 0 Å². The molecular weight excluding hydrogens is 252 g/mol. The van der Waals surface area contributed by atoms with E-state index in [4.69, 9.17) is 0 Å². The number of benzene rings is 1. The van der Waals surface area contributed by atoms with Crippen LogP contribution < -0.4 is 10.6 Å². The molecule has 1 aromatic rings. The van der Waals surface area contributed by atoms with Crippen LogP contribution in [0.1, 0.15) is 51.5 Å². The molecule has 0 unspecified atom stereocenters. The number of unbranched alkanes of at least 4 members (excludes halogenated alkanes) is 2. The zero-order valence-corrected chi connectivity index (χ0v) is 12.6. The highest BCUT2D eigenvalue weighted by molar-refractivity contribution is 5.94. The van der Waals surface area contributed by atoms with Crippen LogP contribution >= 0.6 is 0 Å². The smallest absolute Gasteiger partial charge is 0.224 e. The first kappa shape index (κ1) is 16.2. The Labute approximate surface area is 121 Å². The molecule has 0 spiro atoms. The van der Waals surface area contributed by atoms with Crippen LogP contribution in [-0.4, -0.2) is 11.8 Å². The zero-order chi connectivity index (χ0) is 15.0. The predicted octanol–water partition coefficient (Wildman–Crippen LogP) is 3.86. The molecule has 0 heterocycles. The summed E-state index contributed by atoms with van der Waals surface area (Å²) in [5.41, 5.74) is 2.47. The van der Waals surface area contributed by atoms with E-state index in [1.165, 1.54) is 0 Å². The fourth-order valence-corrected chi connectivity index (χ4v) is 1.83. The third-order valence-corrected chi connectivity index (χ3v) is 3.12. The van der Waals surface area contributed by atoms with Gasteiger partial charge in [-0.15, -0.1) is 0 Å². The summed E-state index contributed by atoms with van der Waals surface area (Å²) in [5, 5.41) is 5.71. The highest BCUT2D eigenvalue weighted by Crippen LogP contribution is 2.21. The Hall–Kier alpha value is -1.84. The average molecular weight is 276 g/mol. The van der Waals surface area contributed by atoms with Crippen LogP contribution in [0.15, 0.2) is 18.2 Å². The van der Waals surface area contributed by atoms with Gasteiger partial charge >= 0.3 is 0 Å². The number of rotatable bonds is 7. The number of carbonyl (C=O) groups is 2. The fraction of sp³-hybridized carbons (Fsp3) is 0.500. The molecule has 0 aliphatic heterocycles. The van der Waals surface area contributed by atoms with Gasteiger partial charge in [0.25, 0.3) is 0 Å². The van der Waals surface area contributed by atoms with Crippen LogP contribution in [0.25, 0.3) is 0 Å². The van der Waals surface area contributed by atoms with Crippen molar-refractivity contribution in [2.24, 2.45) is 0 Å². The third-order valence-electron chi connectivity index (χ3n) is 3.12. The monoisotopic (exact) mass is 276 g/mol. The molecule has 0 atom stereocenters. The number of hydrogen-bond donors (Lipinski definition) is 2. The molecule has 0 fully saturated rings. The van der Waals surface area contributed by atoms with Gasteiger partial charge in [0.1, 0.15) is 0 Å². The maximum atomic E-state index is 11.8. The van der Waals surface area contributed by atoms with Crippen LogP contribution in [0.3, 0.4) is 0 Å². The molecule has 110 valence electrons. The zero-order valence-electron chi connectivity index (χ0n) is 12.6. The third kappa shape index (κ3) is 5.43. The van der Waals surface area contributed by atoms with Crippen molar-refractivity contribution in [1.29, 1.82) is 0 Å². The Kier molecular flexibility index (Phi) is 6.77. The summed E-state index contributed by atoms with van der Waals surface area (Å²) in [6, 6.07) is 5.54. The van der Waals surface area contributed by atoms with Crippen molar-refractivity contribution >= 4 is 23.2 Å². The quantitative estimate of drug-likeness (QED) is 0.743. The van der Waals surface area contributed by atoms with Gasteiger partial charge in [0.05, 0.1) is 0 Å². The molecular formula is C16H24N2O2. The second-order valence-corrected chi connectivity index (χ2v) is 4.94. The van der Waals surface area contributed by atoms with Gasteiger partial charge in [0.2, 0.25) is 11.8 Å². The van der Waals surface area contributed by atoms with Crippen molar-refractivity contribution in [2.45, 2.75) is 52.9 Å². The summed E-state index contributed by atoms with van der Waals surface area (Å²) in [6.45, 7) is 5.86. The van der Waals surface area contributed by atoms with Gasteiger partial charge in [-0.05, 0) is 31.0 Å².